The molecule has 0 saturated carbocycles. The summed E-state index contributed by atoms with van der Waals surface area (Å²) in [5, 5.41) is 0.451. The van der Waals surface area contributed by atoms with Crippen molar-refractivity contribution in [2.45, 2.75) is 33.6 Å². The molecule has 0 N–H and O–H groups in total. The molecule has 16 heavy (non-hydrogen) atoms. The van der Waals surface area contributed by atoms with Gasteiger partial charge in [-0.25, -0.2) is 0 Å². The lowest BCUT2D eigenvalue weighted by molar-refractivity contribution is 0.244. The maximum atomic E-state index is 12.1. The first-order valence-corrected chi connectivity index (χ1v) is 5.86. The van der Waals surface area contributed by atoms with E-state index >= 15 is 0 Å². The number of hydrogen-bond acceptors (Lipinski definition) is 2. The normalized spacial score (nSPS) is 9.81. The minimum Gasteiger partial charge on any atom is -0.471 e. The van der Waals surface area contributed by atoms with Gasteiger partial charge >= 0.3 is 0 Å². The summed E-state index contributed by atoms with van der Waals surface area (Å²) >= 11 is 5.05. The first-order valence-electron chi connectivity index (χ1n) is 5.45. The molecule has 0 saturated heterocycles. The second-order valence-corrected chi connectivity index (χ2v) is 3.78. The van der Waals surface area contributed by atoms with E-state index in [-0.39, 0.29) is 5.57 Å². The predicted octanol–water partition coefficient (Wildman–Crippen LogP) is 3.58. The van der Waals surface area contributed by atoms with Crippen LogP contribution in [0.15, 0.2) is 11.7 Å². The first-order chi connectivity index (χ1) is 7.52. The molecule has 0 aromatic rings. The Morgan fingerprint density at radius 1 is 1.25 bits per heavy atom. The summed E-state index contributed by atoms with van der Waals surface area (Å²) in [7, 11) is 0. The van der Waals surface area contributed by atoms with Crippen molar-refractivity contribution in [2.24, 2.45) is 0 Å². The van der Waals surface area contributed by atoms with Crippen molar-refractivity contribution >= 4 is 17.4 Å². The fourth-order valence-corrected chi connectivity index (χ4v) is 1.51. The molecule has 0 rings (SSSR count). The first kappa shape index (κ1) is 15.3. The van der Waals surface area contributed by atoms with E-state index in [2.05, 4.69) is 0 Å². The van der Waals surface area contributed by atoms with Crippen LogP contribution in [0.3, 0.4) is 0 Å². The fourth-order valence-electron chi connectivity index (χ4n) is 1.16. The minimum atomic E-state index is -1.59. The van der Waals surface area contributed by atoms with Gasteiger partial charge in [0.15, 0.2) is 0 Å². The van der Waals surface area contributed by atoms with E-state index < -0.39 is 6.08 Å². The number of halogens is 2. The number of allylic oxidation sites excluding steroid dienone is 1. The van der Waals surface area contributed by atoms with Crippen molar-refractivity contribution in [3.05, 3.63) is 11.7 Å². The number of nitrogens with zero attached hydrogens (tertiary/aromatic N) is 1. The highest BCUT2D eigenvalue weighted by molar-refractivity contribution is 7.80. The molecule has 5 heteroatoms. The van der Waals surface area contributed by atoms with Gasteiger partial charge in [0.1, 0.15) is 0 Å². The van der Waals surface area contributed by atoms with E-state index in [1.165, 1.54) is 6.92 Å². The highest BCUT2D eigenvalue weighted by atomic mass is 32.1. The van der Waals surface area contributed by atoms with Gasteiger partial charge in [-0.3, -0.25) is 0 Å². The van der Waals surface area contributed by atoms with Crippen LogP contribution >= 0.6 is 12.2 Å². The quantitative estimate of drug-likeness (QED) is 0.529. The summed E-state index contributed by atoms with van der Waals surface area (Å²) in [6.07, 6.45) is -0.681. The van der Waals surface area contributed by atoms with Crippen LogP contribution in [0.4, 0.5) is 8.78 Å². The Morgan fingerprint density at radius 2 is 1.81 bits per heavy atom. The summed E-state index contributed by atoms with van der Waals surface area (Å²) in [5.74, 6) is 0. The minimum absolute atomic E-state index is 0.123. The molecule has 0 amide bonds. The highest BCUT2D eigenvalue weighted by Crippen LogP contribution is 2.12. The maximum Gasteiger partial charge on any atom is 0.269 e. The van der Waals surface area contributed by atoms with Gasteiger partial charge in [0.2, 0.25) is 0 Å². The molecule has 0 aliphatic rings. The van der Waals surface area contributed by atoms with Crippen molar-refractivity contribution in [2.75, 3.05) is 19.7 Å². The van der Waals surface area contributed by atoms with Gasteiger partial charge < -0.3 is 9.64 Å². The molecular formula is C11H19F2NOS. The number of hydrogen-bond donors (Lipinski definition) is 0. The van der Waals surface area contributed by atoms with Crippen LogP contribution in [0.25, 0.3) is 0 Å². The van der Waals surface area contributed by atoms with Crippen molar-refractivity contribution in [1.82, 2.24) is 4.90 Å². The number of ether oxygens (including phenoxy) is 1. The fraction of sp³-hybridized carbons (Fsp3) is 0.727. The summed E-state index contributed by atoms with van der Waals surface area (Å²) in [5.41, 5.74) is 0.123. The van der Waals surface area contributed by atoms with E-state index in [9.17, 15) is 8.78 Å². The van der Waals surface area contributed by atoms with Crippen LogP contribution in [-0.4, -0.2) is 29.8 Å². The lowest BCUT2D eigenvalue weighted by atomic mass is 10.2. The molecule has 0 bridgehead atoms. The molecule has 0 aromatic carbocycles. The second kappa shape index (κ2) is 8.44. The Bertz CT molecular complexity index is 248. The van der Waals surface area contributed by atoms with Gasteiger partial charge in [-0.1, -0.05) is 0 Å². The van der Waals surface area contributed by atoms with Crippen LogP contribution in [0, 0.1) is 0 Å². The zero-order chi connectivity index (χ0) is 12.6. The zero-order valence-electron chi connectivity index (χ0n) is 10.1. The molecule has 0 fully saturated rings. The topological polar surface area (TPSA) is 12.5 Å². The van der Waals surface area contributed by atoms with Gasteiger partial charge in [0.25, 0.3) is 11.3 Å². The molecule has 0 radical (unpaired) electrons. The van der Waals surface area contributed by atoms with E-state index in [4.69, 9.17) is 17.0 Å². The Labute approximate surface area is 101 Å². The molecule has 2 nitrogen and oxygen atoms in total. The monoisotopic (exact) mass is 251 g/mol. The summed E-state index contributed by atoms with van der Waals surface area (Å²) in [6, 6.07) is 0. The third kappa shape index (κ3) is 6.00. The van der Waals surface area contributed by atoms with Gasteiger partial charge in [0.05, 0.1) is 6.61 Å². The van der Waals surface area contributed by atoms with Crippen molar-refractivity contribution < 1.29 is 13.5 Å². The lowest BCUT2D eigenvalue weighted by Gasteiger charge is -2.21. The molecule has 0 atom stereocenters. The van der Waals surface area contributed by atoms with Crippen molar-refractivity contribution in [3.63, 3.8) is 0 Å². The van der Waals surface area contributed by atoms with Gasteiger partial charge in [-0.05, 0) is 51.4 Å². The number of thiocarbonyl (C=S) groups is 1. The van der Waals surface area contributed by atoms with Crippen LogP contribution < -0.4 is 0 Å². The Hall–Kier alpha value is -0.710. The molecule has 0 heterocycles. The molecule has 94 valence electrons. The maximum absolute atomic E-state index is 12.1. The van der Waals surface area contributed by atoms with Crippen molar-refractivity contribution in [3.8, 4) is 0 Å². The van der Waals surface area contributed by atoms with Crippen LogP contribution in [-0.2, 0) is 4.74 Å². The third-order valence-electron chi connectivity index (χ3n) is 2.27. The Kier molecular flexibility index (Phi) is 8.07. The molecule has 0 aromatic heterocycles. The smallest absolute Gasteiger partial charge is 0.269 e. The summed E-state index contributed by atoms with van der Waals surface area (Å²) in [6.45, 7) is 7.40. The molecule has 0 spiro atoms. The highest BCUT2D eigenvalue weighted by Gasteiger charge is 2.06. The van der Waals surface area contributed by atoms with E-state index in [0.29, 0.717) is 24.6 Å². The largest absolute Gasteiger partial charge is 0.471 e. The average molecular weight is 251 g/mol. The van der Waals surface area contributed by atoms with Crippen LogP contribution in [0.2, 0.25) is 0 Å². The van der Waals surface area contributed by atoms with Gasteiger partial charge in [0, 0.05) is 13.1 Å². The van der Waals surface area contributed by atoms with Crippen LogP contribution in [0.1, 0.15) is 33.6 Å². The molecule has 0 aliphatic heterocycles. The van der Waals surface area contributed by atoms with Crippen LogP contribution in [0.5, 0.6) is 0 Å². The molecular weight excluding hydrogens is 232 g/mol. The molecule has 0 unspecified atom stereocenters. The van der Waals surface area contributed by atoms with Gasteiger partial charge in [-0.2, -0.15) is 8.78 Å². The van der Waals surface area contributed by atoms with Gasteiger partial charge in [-0.15, -0.1) is 0 Å². The Balaban J connectivity index is 3.75. The molecule has 0 aliphatic carbocycles. The van der Waals surface area contributed by atoms with E-state index in [0.717, 1.165) is 13.1 Å². The van der Waals surface area contributed by atoms with E-state index in [1.54, 1.807) is 0 Å². The third-order valence-corrected chi connectivity index (χ3v) is 2.64. The lowest BCUT2D eigenvalue weighted by Crippen LogP contribution is -2.31. The van der Waals surface area contributed by atoms with Crippen molar-refractivity contribution in [1.29, 1.82) is 0 Å². The average Bonchev–Trinajstić information content (AvgIpc) is 2.25. The summed E-state index contributed by atoms with van der Waals surface area (Å²) in [4.78, 5) is 1.91. The predicted molar refractivity (Wildman–Crippen MR) is 65.6 cm³/mol. The number of rotatable bonds is 6. The zero-order valence-corrected chi connectivity index (χ0v) is 10.9. The summed E-state index contributed by atoms with van der Waals surface area (Å²) < 4.78 is 29.4. The Morgan fingerprint density at radius 3 is 2.25 bits per heavy atom. The standard InChI is InChI=1S/C11H19F2NOS/c1-4-14(5-2)11(16)15-8-6-7-9(3)10(12)13/h4-8H2,1-3H3. The van der Waals surface area contributed by atoms with E-state index in [1.807, 2.05) is 18.7 Å². The second-order valence-electron chi connectivity index (χ2n) is 3.43. The SMILES string of the molecule is CCN(CC)C(=S)OCCCC(C)=C(F)F.